The number of hydrogen-bond donors (Lipinski definition) is 1. The molecule has 0 saturated heterocycles. The fourth-order valence-electron chi connectivity index (χ4n) is 2.17. The molecule has 4 heteroatoms. The van der Waals surface area contributed by atoms with Crippen molar-refractivity contribution < 1.29 is 4.42 Å². The maximum atomic E-state index is 9.13. The molecule has 1 saturated carbocycles. The smallest absolute Gasteiger partial charge is 0.181 e. The summed E-state index contributed by atoms with van der Waals surface area (Å²) in [6, 6.07) is 8.23. The van der Waals surface area contributed by atoms with Crippen molar-refractivity contribution in [3.8, 4) is 6.07 Å². The Labute approximate surface area is 99.3 Å². The lowest BCUT2D eigenvalue weighted by Crippen LogP contribution is -2.34. The van der Waals surface area contributed by atoms with Crippen LogP contribution in [-0.4, -0.2) is 11.5 Å². The van der Waals surface area contributed by atoms with Crippen molar-refractivity contribution in [1.82, 2.24) is 4.98 Å². The average molecular weight is 227 g/mol. The second kappa shape index (κ2) is 3.77. The SMILES string of the molecule is N#CC1(CNc2ccc3ncoc3c2)CCC1. The van der Waals surface area contributed by atoms with Gasteiger partial charge in [0, 0.05) is 18.3 Å². The highest BCUT2D eigenvalue weighted by atomic mass is 16.3. The first kappa shape index (κ1) is 10.2. The average Bonchev–Trinajstić information content (AvgIpc) is 2.75. The summed E-state index contributed by atoms with van der Waals surface area (Å²) < 4.78 is 5.24. The molecule has 2 aromatic rings. The summed E-state index contributed by atoms with van der Waals surface area (Å²) in [4.78, 5) is 4.07. The summed E-state index contributed by atoms with van der Waals surface area (Å²) in [5.74, 6) is 0. The van der Waals surface area contributed by atoms with Crippen LogP contribution in [0.5, 0.6) is 0 Å². The van der Waals surface area contributed by atoms with Gasteiger partial charge in [-0.1, -0.05) is 6.42 Å². The van der Waals surface area contributed by atoms with Gasteiger partial charge in [0.1, 0.15) is 5.52 Å². The Hall–Kier alpha value is -2.02. The number of fused-ring (bicyclic) bond motifs is 1. The lowest BCUT2D eigenvalue weighted by Gasteiger charge is -2.35. The van der Waals surface area contributed by atoms with Crippen molar-refractivity contribution in [2.45, 2.75) is 19.3 Å². The van der Waals surface area contributed by atoms with E-state index in [4.69, 9.17) is 9.68 Å². The number of aromatic nitrogens is 1. The van der Waals surface area contributed by atoms with Crippen LogP contribution in [0.3, 0.4) is 0 Å². The minimum atomic E-state index is -0.156. The number of anilines is 1. The third-order valence-electron chi connectivity index (χ3n) is 3.51. The number of nitrogens with one attached hydrogen (secondary N) is 1. The van der Waals surface area contributed by atoms with Crippen LogP contribution in [0.15, 0.2) is 29.0 Å². The molecule has 86 valence electrons. The van der Waals surface area contributed by atoms with Crippen LogP contribution < -0.4 is 5.32 Å². The van der Waals surface area contributed by atoms with Crippen molar-refractivity contribution in [2.75, 3.05) is 11.9 Å². The number of benzene rings is 1. The van der Waals surface area contributed by atoms with Crippen molar-refractivity contribution in [2.24, 2.45) is 5.41 Å². The van der Waals surface area contributed by atoms with Crippen LogP contribution in [0.2, 0.25) is 0 Å². The minimum absolute atomic E-state index is 0.156. The lowest BCUT2D eigenvalue weighted by atomic mass is 9.70. The van der Waals surface area contributed by atoms with Crippen LogP contribution >= 0.6 is 0 Å². The molecule has 0 atom stereocenters. The largest absolute Gasteiger partial charge is 0.443 e. The molecule has 4 nitrogen and oxygen atoms in total. The lowest BCUT2D eigenvalue weighted by molar-refractivity contribution is 0.233. The van der Waals surface area contributed by atoms with E-state index in [0.29, 0.717) is 6.54 Å². The van der Waals surface area contributed by atoms with E-state index in [9.17, 15) is 0 Å². The Balaban J connectivity index is 1.74. The fraction of sp³-hybridized carbons (Fsp3) is 0.385. The predicted molar refractivity (Wildman–Crippen MR) is 64.4 cm³/mol. The molecule has 0 unspecified atom stereocenters. The van der Waals surface area contributed by atoms with E-state index < -0.39 is 0 Å². The zero-order valence-electron chi connectivity index (χ0n) is 9.44. The van der Waals surface area contributed by atoms with Gasteiger partial charge in [-0.2, -0.15) is 5.26 Å². The van der Waals surface area contributed by atoms with Crippen molar-refractivity contribution in [3.05, 3.63) is 24.6 Å². The van der Waals surface area contributed by atoms with Crippen molar-refractivity contribution in [1.29, 1.82) is 5.26 Å². The molecule has 1 aromatic heterocycles. The van der Waals surface area contributed by atoms with Crippen molar-refractivity contribution in [3.63, 3.8) is 0 Å². The number of nitrogens with zero attached hydrogens (tertiary/aromatic N) is 2. The van der Waals surface area contributed by atoms with E-state index in [-0.39, 0.29) is 5.41 Å². The van der Waals surface area contributed by atoms with Crippen LogP contribution in [0, 0.1) is 16.7 Å². The van der Waals surface area contributed by atoms with E-state index in [1.165, 1.54) is 6.39 Å². The van der Waals surface area contributed by atoms with Gasteiger partial charge in [-0.25, -0.2) is 4.98 Å². The van der Waals surface area contributed by atoms with E-state index in [0.717, 1.165) is 36.0 Å². The molecule has 17 heavy (non-hydrogen) atoms. The van der Waals surface area contributed by atoms with Crippen LogP contribution in [-0.2, 0) is 0 Å². The topological polar surface area (TPSA) is 61.9 Å². The summed E-state index contributed by atoms with van der Waals surface area (Å²) in [5.41, 5.74) is 2.45. The highest BCUT2D eigenvalue weighted by Gasteiger charge is 2.36. The van der Waals surface area contributed by atoms with Gasteiger partial charge in [0.25, 0.3) is 0 Å². The fourth-order valence-corrected chi connectivity index (χ4v) is 2.17. The summed E-state index contributed by atoms with van der Waals surface area (Å²) in [6.45, 7) is 0.711. The zero-order valence-corrected chi connectivity index (χ0v) is 9.44. The molecule has 1 aromatic carbocycles. The summed E-state index contributed by atoms with van der Waals surface area (Å²) >= 11 is 0. The van der Waals surface area contributed by atoms with E-state index >= 15 is 0 Å². The van der Waals surface area contributed by atoms with E-state index in [1.807, 2.05) is 18.2 Å². The third-order valence-corrected chi connectivity index (χ3v) is 3.51. The molecule has 1 aliphatic rings. The number of oxazole rings is 1. The van der Waals surface area contributed by atoms with Gasteiger partial charge >= 0.3 is 0 Å². The van der Waals surface area contributed by atoms with Crippen molar-refractivity contribution >= 4 is 16.8 Å². The maximum Gasteiger partial charge on any atom is 0.181 e. The predicted octanol–water partition coefficient (Wildman–Crippen LogP) is 2.93. The quantitative estimate of drug-likeness (QED) is 0.875. The van der Waals surface area contributed by atoms with Gasteiger partial charge in [0.05, 0.1) is 11.5 Å². The molecular weight excluding hydrogens is 214 g/mol. The Kier molecular flexibility index (Phi) is 2.25. The van der Waals surface area contributed by atoms with Gasteiger partial charge in [0.15, 0.2) is 12.0 Å². The number of rotatable bonds is 3. The first-order valence-corrected chi connectivity index (χ1v) is 5.80. The summed E-state index contributed by atoms with van der Waals surface area (Å²) in [7, 11) is 0. The molecule has 3 rings (SSSR count). The molecule has 1 N–H and O–H groups in total. The molecular formula is C13H13N3O. The molecule has 1 fully saturated rings. The first-order chi connectivity index (χ1) is 8.31. The van der Waals surface area contributed by atoms with Gasteiger partial charge in [-0.05, 0) is 25.0 Å². The van der Waals surface area contributed by atoms with Gasteiger partial charge < -0.3 is 9.73 Å². The van der Waals surface area contributed by atoms with Crippen LogP contribution in [0.1, 0.15) is 19.3 Å². The highest BCUT2D eigenvalue weighted by molar-refractivity contribution is 5.76. The standard InChI is InChI=1S/C13H13N3O/c14-7-13(4-1-5-13)8-15-10-2-3-11-12(6-10)17-9-16-11/h2-3,6,9,15H,1,4-5,8H2. The molecule has 0 bridgehead atoms. The van der Waals surface area contributed by atoms with Crippen LogP contribution in [0.25, 0.3) is 11.1 Å². The van der Waals surface area contributed by atoms with Crippen LogP contribution in [0.4, 0.5) is 5.69 Å². The monoisotopic (exact) mass is 227 g/mol. The molecule has 1 aliphatic carbocycles. The summed E-state index contributed by atoms with van der Waals surface area (Å²) in [6.07, 6.45) is 4.61. The highest BCUT2D eigenvalue weighted by Crippen LogP contribution is 2.40. The molecule has 0 spiro atoms. The number of hydrogen-bond acceptors (Lipinski definition) is 4. The second-order valence-electron chi connectivity index (χ2n) is 4.63. The zero-order chi connectivity index (χ0) is 11.7. The number of nitriles is 1. The third kappa shape index (κ3) is 1.74. The Morgan fingerprint density at radius 3 is 3.06 bits per heavy atom. The normalized spacial score (nSPS) is 17.4. The maximum absolute atomic E-state index is 9.13. The minimum Gasteiger partial charge on any atom is -0.443 e. The van der Waals surface area contributed by atoms with Gasteiger partial charge in [-0.15, -0.1) is 0 Å². The Morgan fingerprint density at radius 2 is 2.35 bits per heavy atom. The molecule has 0 aliphatic heterocycles. The molecule has 0 amide bonds. The molecule has 0 radical (unpaired) electrons. The first-order valence-electron chi connectivity index (χ1n) is 5.80. The Morgan fingerprint density at radius 1 is 1.47 bits per heavy atom. The molecule has 1 heterocycles. The second-order valence-corrected chi connectivity index (χ2v) is 4.63. The van der Waals surface area contributed by atoms with E-state index in [2.05, 4.69) is 16.4 Å². The Bertz CT molecular complexity index is 578. The van der Waals surface area contributed by atoms with Gasteiger partial charge in [0.2, 0.25) is 0 Å². The van der Waals surface area contributed by atoms with E-state index in [1.54, 1.807) is 0 Å². The van der Waals surface area contributed by atoms with Gasteiger partial charge in [-0.3, -0.25) is 0 Å². The summed E-state index contributed by atoms with van der Waals surface area (Å²) in [5, 5.41) is 12.4.